The topological polar surface area (TPSA) is 61.4 Å². The van der Waals surface area contributed by atoms with E-state index in [0.717, 1.165) is 5.69 Å². The van der Waals surface area contributed by atoms with E-state index in [1.807, 2.05) is 42.5 Å². The molecule has 0 fully saturated rings. The van der Waals surface area contributed by atoms with Crippen LogP contribution in [0.15, 0.2) is 54.6 Å². The van der Waals surface area contributed by atoms with Gasteiger partial charge in [0.05, 0.1) is 12.6 Å². The number of hydrogen-bond donors (Lipinski definition) is 2. The van der Waals surface area contributed by atoms with Gasteiger partial charge in [0.1, 0.15) is 0 Å². The summed E-state index contributed by atoms with van der Waals surface area (Å²) in [5.41, 5.74) is 3.15. The van der Waals surface area contributed by atoms with Crippen LogP contribution in [0.2, 0.25) is 0 Å². The highest BCUT2D eigenvalue weighted by Gasteiger charge is 2.27. The molecule has 2 amide bonds. The van der Waals surface area contributed by atoms with Crippen molar-refractivity contribution in [2.75, 3.05) is 18.9 Å². The van der Waals surface area contributed by atoms with E-state index in [9.17, 15) is 9.59 Å². The molecule has 1 atom stereocenters. The molecule has 6 heteroatoms. The molecule has 0 radical (unpaired) electrons. The van der Waals surface area contributed by atoms with Gasteiger partial charge in [-0.05, 0) is 29.7 Å². The summed E-state index contributed by atoms with van der Waals surface area (Å²) in [7, 11) is 1.66. The Morgan fingerprint density at radius 2 is 1.72 bits per heavy atom. The summed E-state index contributed by atoms with van der Waals surface area (Å²) in [6.45, 7) is 0.712. The van der Waals surface area contributed by atoms with Gasteiger partial charge >= 0.3 is 0 Å². The molecule has 3 rings (SSSR count). The molecular weight excluding hydrogens is 338 g/mol. The van der Waals surface area contributed by atoms with Crippen molar-refractivity contribution in [3.05, 3.63) is 65.7 Å². The van der Waals surface area contributed by atoms with Crippen LogP contribution in [0.1, 0.15) is 11.1 Å². The smallest absolute Gasteiger partial charge is 0.243 e. The van der Waals surface area contributed by atoms with E-state index in [-0.39, 0.29) is 36.8 Å². The minimum absolute atomic E-state index is 0. The SMILES string of the molecule is CN(CC(=O)Nc1ccccc1)C(=O)C1Cc2ccccc2CN1.Cl. The predicted octanol–water partition coefficient (Wildman–Crippen LogP) is 2.22. The van der Waals surface area contributed by atoms with Crippen LogP contribution < -0.4 is 10.6 Å². The monoisotopic (exact) mass is 359 g/mol. The Bertz CT molecular complexity index is 736. The Hall–Kier alpha value is -2.37. The largest absolute Gasteiger partial charge is 0.335 e. The predicted molar refractivity (Wildman–Crippen MR) is 101 cm³/mol. The molecule has 1 aliphatic heterocycles. The van der Waals surface area contributed by atoms with Crippen LogP contribution in [-0.2, 0) is 22.6 Å². The Morgan fingerprint density at radius 1 is 1.08 bits per heavy atom. The molecule has 0 saturated carbocycles. The number of carbonyl (C=O) groups excluding carboxylic acids is 2. The maximum atomic E-state index is 12.6. The van der Waals surface area contributed by atoms with Gasteiger partial charge in [-0.1, -0.05) is 42.5 Å². The molecular formula is C19H22ClN3O2. The van der Waals surface area contributed by atoms with Gasteiger partial charge in [0.2, 0.25) is 11.8 Å². The quantitative estimate of drug-likeness (QED) is 0.880. The van der Waals surface area contributed by atoms with Crippen LogP contribution in [-0.4, -0.2) is 36.3 Å². The Balaban J connectivity index is 0.00000225. The van der Waals surface area contributed by atoms with Gasteiger partial charge in [-0.15, -0.1) is 12.4 Å². The number of para-hydroxylation sites is 1. The van der Waals surface area contributed by atoms with Crippen LogP contribution >= 0.6 is 12.4 Å². The first-order chi connectivity index (χ1) is 11.6. The summed E-state index contributed by atoms with van der Waals surface area (Å²) in [6.07, 6.45) is 0.652. The second-order valence-corrected chi connectivity index (χ2v) is 6.01. The van der Waals surface area contributed by atoms with Gasteiger partial charge in [-0.3, -0.25) is 9.59 Å². The van der Waals surface area contributed by atoms with Crippen molar-refractivity contribution >= 4 is 29.9 Å². The van der Waals surface area contributed by atoms with Gasteiger partial charge in [0, 0.05) is 19.3 Å². The second-order valence-electron chi connectivity index (χ2n) is 6.01. The van der Waals surface area contributed by atoms with Crippen molar-refractivity contribution in [2.24, 2.45) is 0 Å². The average Bonchev–Trinajstić information content (AvgIpc) is 2.61. The molecule has 1 unspecified atom stereocenters. The lowest BCUT2D eigenvalue weighted by molar-refractivity contribution is -0.135. The zero-order valence-electron chi connectivity index (χ0n) is 14.1. The fourth-order valence-corrected chi connectivity index (χ4v) is 2.91. The summed E-state index contributed by atoms with van der Waals surface area (Å²) < 4.78 is 0. The summed E-state index contributed by atoms with van der Waals surface area (Å²) in [5, 5.41) is 6.05. The van der Waals surface area contributed by atoms with Crippen LogP contribution in [0.25, 0.3) is 0 Å². The van der Waals surface area contributed by atoms with E-state index in [1.54, 1.807) is 7.05 Å². The molecule has 0 spiro atoms. The van der Waals surface area contributed by atoms with Crippen molar-refractivity contribution in [1.29, 1.82) is 0 Å². The van der Waals surface area contributed by atoms with E-state index in [2.05, 4.69) is 22.8 Å². The zero-order valence-corrected chi connectivity index (χ0v) is 14.9. The number of amides is 2. The lowest BCUT2D eigenvalue weighted by Crippen LogP contribution is -2.49. The molecule has 2 aromatic rings. The number of halogens is 1. The molecule has 0 aliphatic carbocycles. The lowest BCUT2D eigenvalue weighted by Gasteiger charge is -2.28. The van der Waals surface area contributed by atoms with E-state index < -0.39 is 0 Å². The maximum Gasteiger partial charge on any atom is 0.243 e. The molecule has 0 bridgehead atoms. The van der Waals surface area contributed by atoms with E-state index in [1.165, 1.54) is 16.0 Å². The minimum Gasteiger partial charge on any atom is -0.335 e. The maximum absolute atomic E-state index is 12.6. The van der Waals surface area contributed by atoms with Crippen LogP contribution in [0.3, 0.4) is 0 Å². The molecule has 0 saturated heterocycles. The summed E-state index contributed by atoms with van der Waals surface area (Å²) in [4.78, 5) is 26.1. The van der Waals surface area contributed by atoms with E-state index in [4.69, 9.17) is 0 Å². The number of nitrogens with zero attached hydrogens (tertiary/aromatic N) is 1. The number of anilines is 1. The normalized spacial score (nSPS) is 15.5. The highest BCUT2D eigenvalue weighted by Crippen LogP contribution is 2.17. The Kier molecular flexibility index (Phi) is 6.56. The fraction of sp³-hybridized carbons (Fsp3) is 0.263. The van der Waals surface area contributed by atoms with E-state index >= 15 is 0 Å². The van der Waals surface area contributed by atoms with Crippen molar-refractivity contribution in [3.8, 4) is 0 Å². The molecule has 2 aromatic carbocycles. The van der Waals surface area contributed by atoms with Crippen molar-refractivity contribution in [3.63, 3.8) is 0 Å². The molecule has 25 heavy (non-hydrogen) atoms. The second kappa shape index (κ2) is 8.65. The van der Waals surface area contributed by atoms with Gasteiger partial charge in [-0.25, -0.2) is 0 Å². The number of rotatable bonds is 4. The number of benzene rings is 2. The van der Waals surface area contributed by atoms with Crippen LogP contribution in [0, 0.1) is 0 Å². The third kappa shape index (κ3) is 4.81. The van der Waals surface area contributed by atoms with Crippen molar-refractivity contribution < 1.29 is 9.59 Å². The lowest BCUT2D eigenvalue weighted by atomic mass is 9.95. The number of hydrogen-bond acceptors (Lipinski definition) is 3. The van der Waals surface area contributed by atoms with Gasteiger partial charge in [-0.2, -0.15) is 0 Å². The molecule has 1 aliphatic rings. The van der Waals surface area contributed by atoms with Crippen molar-refractivity contribution in [2.45, 2.75) is 19.0 Å². The van der Waals surface area contributed by atoms with Crippen molar-refractivity contribution in [1.82, 2.24) is 10.2 Å². The summed E-state index contributed by atoms with van der Waals surface area (Å²) in [6, 6.07) is 17.1. The first-order valence-corrected chi connectivity index (χ1v) is 8.03. The fourth-order valence-electron chi connectivity index (χ4n) is 2.91. The molecule has 132 valence electrons. The number of carbonyl (C=O) groups is 2. The highest BCUT2D eigenvalue weighted by molar-refractivity contribution is 5.95. The van der Waals surface area contributed by atoms with E-state index in [0.29, 0.717) is 13.0 Å². The molecule has 2 N–H and O–H groups in total. The first-order valence-electron chi connectivity index (χ1n) is 8.03. The van der Waals surface area contributed by atoms with Gasteiger partial charge in [0.25, 0.3) is 0 Å². The third-order valence-electron chi connectivity index (χ3n) is 4.19. The number of likely N-dealkylation sites (N-methyl/N-ethyl adjacent to an activating group) is 1. The molecule has 1 heterocycles. The van der Waals surface area contributed by atoms with Crippen LogP contribution in [0.4, 0.5) is 5.69 Å². The average molecular weight is 360 g/mol. The third-order valence-corrected chi connectivity index (χ3v) is 4.19. The Morgan fingerprint density at radius 3 is 2.44 bits per heavy atom. The van der Waals surface area contributed by atoms with Crippen LogP contribution in [0.5, 0.6) is 0 Å². The number of fused-ring (bicyclic) bond motifs is 1. The summed E-state index contributed by atoms with van der Waals surface area (Å²) in [5.74, 6) is -0.263. The number of nitrogens with one attached hydrogen (secondary N) is 2. The summed E-state index contributed by atoms with van der Waals surface area (Å²) >= 11 is 0. The first kappa shape index (κ1) is 19.0. The zero-order chi connectivity index (χ0) is 16.9. The minimum atomic E-state index is -0.283. The van der Waals surface area contributed by atoms with Gasteiger partial charge in [0.15, 0.2) is 0 Å². The highest BCUT2D eigenvalue weighted by atomic mass is 35.5. The van der Waals surface area contributed by atoms with Gasteiger partial charge < -0.3 is 15.5 Å². The Labute approximate surface area is 153 Å². The standard InChI is InChI=1S/C19H21N3O2.ClH/c1-22(13-18(23)21-16-9-3-2-4-10-16)19(24)17-11-14-7-5-6-8-15(14)12-20-17;/h2-10,17,20H,11-13H2,1H3,(H,21,23);1H. The molecule has 5 nitrogen and oxygen atoms in total. The molecule has 0 aromatic heterocycles.